The van der Waals surface area contributed by atoms with Crippen LogP contribution < -0.4 is 0 Å². The minimum absolute atomic E-state index is 0.0995. The summed E-state index contributed by atoms with van der Waals surface area (Å²) < 4.78 is 10.8. The van der Waals surface area contributed by atoms with Crippen molar-refractivity contribution in [3.05, 3.63) is 18.5 Å². The van der Waals surface area contributed by atoms with Crippen LogP contribution in [0.15, 0.2) is 12.7 Å². The molecular weight excluding hydrogens is 123 g/mol. The lowest BCUT2D eigenvalue weighted by Gasteiger charge is -2.06. The topological polar surface area (TPSA) is 37.3 Å². The van der Waals surface area contributed by atoms with E-state index in [0.29, 0.717) is 0 Å². The summed E-state index contributed by atoms with van der Waals surface area (Å²) in [5.41, 5.74) is 0. The van der Waals surface area contributed by atoms with E-state index in [9.17, 15) is 4.57 Å². The predicted octanol–water partition coefficient (Wildman–Crippen LogP) is 1.66. The zero-order chi connectivity index (χ0) is 6.78. The third-order valence-electron chi connectivity index (χ3n) is 0.734. The molecule has 0 amide bonds. The summed E-state index contributed by atoms with van der Waals surface area (Å²) >= 11 is 0. The van der Waals surface area contributed by atoms with Gasteiger partial charge in [0.25, 0.3) is 0 Å². The van der Waals surface area contributed by atoms with Crippen molar-refractivity contribution in [1.82, 2.24) is 0 Å². The average Bonchev–Trinajstić information content (AvgIpc) is 1.62. The molecule has 0 heterocycles. The molecule has 0 aliphatic rings. The molecule has 0 aliphatic heterocycles. The molecule has 0 aromatic heterocycles. The van der Waals surface area contributed by atoms with E-state index in [1.54, 1.807) is 0 Å². The van der Waals surface area contributed by atoms with Gasteiger partial charge in [0.05, 0.1) is 0 Å². The summed E-state index contributed by atoms with van der Waals surface area (Å²) in [6, 6.07) is 0. The van der Waals surface area contributed by atoms with E-state index >= 15 is 0 Å². The second-order valence-corrected chi connectivity index (χ2v) is 5.07. The van der Waals surface area contributed by atoms with E-state index in [4.69, 9.17) is 5.11 Å². The summed E-state index contributed by atoms with van der Waals surface area (Å²) in [4.78, 5) is 0. The van der Waals surface area contributed by atoms with E-state index in [0.717, 1.165) is 0 Å². The lowest BCUT2D eigenvalue weighted by Crippen LogP contribution is -1.88. The van der Waals surface area contributed by atoms with Crippen LogP contribution in [0.25, 0.3) is 0 Å². The monoisotopic (exact) mass is 133 g/mol. The van der Waals surface area contributed by atoms with Crippen molar-refractivity contribution in [3.63, 3.8) is 0 Å². The van der Waals surface area contributed by atoms with E-state index in [2.05, 4.69) is 6.58 Å². The van der Waals surface area contributed by atoms with E-state index in [1.807, 2.05) is 0 Å². The molecule has 0 saturated carbocycles. The van der Waals surface area contributed by atoms with Gasteiger partial charge >= 0.3 is 0 Å². The maximum atomic E-state index is 10.8. The summed E-state index contributed by atoms with van der Waals surface area (Å²) in [7, 11) is -2.40. The molecule has 0 bridgehead atoms. The van der Waals surface area contributed by atoms with Crippen molar-refractivity contribution >= 4 is 7.14 Å². The third-order valence-corrected chi connectivity index (χ3v) is 2.02. The van der Waals surface area contributed by atoms with Gasteiger partial charge in [-0.1, -0.05) is 6.58 Å². The zero-order valence-corrected chi connectivity index (χ0v) is 5.98. The number of hydrogen-bond donors (Lipinski definition) is 1. The van der Waals surface area contributed by atoms with Gasteiger partial charge in [0.15, 0.2) is 5.85 Å². The van der Waals surface area contributed by atoms with Crippen molar-refractivity contribution in [1.29, 1.82) is 0 Å². The van der Waals surface area contributed by atoms with Crippen LogP contribution in [0, 0.1) is 5.85 Å². The van der Waals surface area contributed by atoms with E-state index in [1.165, 1.54) is 19.4 Å². The van der Waals surface area contributed by atoms with Crippen LogP contribution in [-0.2, 0) is 4.57 Å². The van der Waals surface area contributed by atoms with Crippen LogP contribution in [0.1, 0.15) is 0 Å². The van der Waals surface area contributed by atoms with Gasteiger partial charge in [-0.25, -0.2) is 0 Å². The molecule has 8 heavy (non-hydrogen) atoms. The van der Waals surface area contributed by atoms with Gasteiger partial charge in [0, 0.05) is 0 Å². The zero-order valence-electron chi connectivity index (χ0n) is 5.09. The van der Waals surface area contributed by atoms with E-state index in [-0.39, 0.29) is 5.85 Å². The number of hydrogen-bond acceptors (Lipinski definition) is 2. The second-order valence-electron chi connectivity index (χ2n) is 1.91. The minimum atomic E-state index is -2.40. The Morgan fingerprint density at radius 3 is 2.12 bits per heavy atom. The van der Waals surface area contributed by atoms with Gasteiger partial charge in [0.1, 0.15) is 7.14 Å². The Morgan fingerprint density at radius 1 is 1.75 bits per heavy atom. The first-order valence-electron chi connectivity index (χ1n) is 2.22. The van der Waals surface area contributed by atoms with Gasteiger partial charge in [-0.15, -0.1) is 0 Å². The van der Waals surface area contributed by atoms with Crippen LogP contribution in [0.2, 0.25) is 0 Å². The van der Waals surface area contributed by atoms with Gasteiger partial charge in [-0.2, -0.15) is 0 Å². The predicted molar refractivity (Wildman–Crippen MR) is 34.8 cm³/mol. The molecule has 0 unspecified atom stereocenters. The van der Waals surface area contributed by atoms with Gasteiger partial charge < -0.3 is 9.67 Å². The fourth-order valence-corrected chi connectivity index (χ4v) is 0.660. The van der Waals surface area contributed by atoms with Crippen molar-refractivity contribution in [3.8, 4) is 0 Å². The van der Waals surface area contributed by atoms with Crippen LogP contribution in [-0.4, -0.2) is 18.4 Å². The first-order valence-corrected chi connectivity index (χ1v) is 4.82. The van der Waals surface area contributed by atoms with Gasteiger partial charge in [-0.3, -0.25) is 0 Å². The standard InChI is InChI=1S/C5H10O2P/c1-4-5(6)8(2,3)7/h4,6H,1H2,2-3H3. The lowest BCUT2D eigenvalue weighted by atomic mass is 10.7. The van der Waals surface area contributed by atoms with Crippen LogP contribution in [0.5, 0.6) is 0 Å². The Kier molecular flexibility index (Phi) is 2.45. The minimum Gasteiger partial charge on any atom is -0.374 e. The summed E-state index contributed by atoms with van der Waals surface area (Å²) in [5.74, 6) is -0.0995. The first-order chi connectivity index (χ1) is 3.48. The Hall–Kier alpha value is -0.0700. The normalized spacial score (nSPS) is 12.0. The molecule has 47 valence electrons. The number of aliphatic hydroxyl groups is 1. The molecule has 2 nitrogen and oxygen atoms in total. The molecule has 0 atom stereocenters. The van der Waals surface area contributed by atoms with Gasteiger partial charge in [-0.05, 0) is 19.4 Å². The molecular formula is C5H10O2P. The van der Waals surface area contributed by atoms with Crippen molar-refractivity contribution in [2.75, 3.05) is 13.3 Å². The maximum absolute atomic E-state index is 10.8. The average molecular weight is 133 g/mol. The smallest absolute Gasteiger partial charge is 0.174 e. The molecule has 0 rings (SSSR count). The number of aliphatic hydroxyl groups excluding tert-OH is 1. The largest absolute Gasteiger partial charge is 0.374 e. The second kappa shape index (κ2) is 2.47. The molecule has 0 aromatic carbocycles. The van der Waals surface area contributed by atoms with Crippen molar-refractivity contribution in [2.45, 2.75) is 0 Å². The molecule has 1 radical (unpaired) electrons. The fourth-order valence-electron chi connectivity index (χ4n) is 0.220. The van der Waals surface area contributed by atoms with Crippen LogP contribution in [0.4, 0.5) is 0 Å². The Bertz CT molecular complexity index is 124. The van der Waals surface area contributed by atoms with Crippen LogP contribution in [0.3, 0.4) is 0 Å². The molecule has 0 spiro atoms. The Balaban J connectivity index is 4.02. The van der Waals surface area contributed by atoms with Crippen molar-refractivity contribution in [2.24, 2.45) is 0 Å². The highest BCUT2D eigenvalue weighted by Crippen LogP contribution is 2.46. The Morgan fingerprint density at radius 2 is 2.12 bits per heavy atom. The maximum Gasteiger partial charge on any atom is 0.174 e. The fraction of sp³-hybridized carbons (Fsp3) is 0.400. The van der Waals surface area contributed by atoms with Gasteiger partial charge in [0.2, 0.25) is 0 Å². The first kappa shape index (κ1) is 7.93. The molecule has 0 saturated heterocycles. The highest BCUT2D eigenvalue weighted by molar-refractivity contribution is 7.65. The molecule has 1 N–H and O–H groups in total. The number of rotatable bonds is 2. The summed E-state index contributed by atoms with van der Waals surface area (Å²) in [6.07, 6.45) is 1.21. The third kappa shape index (κ3) is 2.29. The lowest BCUT2D eigenvalue weighted by molar-refractivity contribution is 0.384. The molecule has 0 fully saturated rings. The summed E-state index contributed by atoms with van der Waals surface area (Å²) in [6.45, 7) is 6.25. The van der Waals surface area contributed by atoms with E-state index < -0.39 is 7.14 Å². The molecule has 0 aromatic rings. The molecule has 0 aliphatic carbocycles. The van der Waals surface area contributed by atoms with Crippen LogP contribution >= 0.6 is 7.14 Å². The Labute approximate surface area is 49.6 Å². The quantitative estimate of drug-likeness (QED) is 0.581. The highest BCUT2D eigenvalue weighted by atomic mass is 31.2. The SMILES string of the molecule is C=C[C](O)P(C)(C)=O. The van der Waals surface area contributed by atoms with Crippen molar-refractivity contribution < 1.29 is 9.67 Å². The highest BCUT2D eigenvalue weighted by Gasteiger charge is 2.16. The summed E-state index contributed by atoms with van der Waals surface area (Å²) in [5, 5.41) is 8.73. The molecule has 3 heteroatoms.